The van der Waals surface area contributed by atoms with Crippen LogP contribution in [0.4, 0.5) is 5.69 Å². The molecule has 2 amide bonds. The van der Waals surface area contributed by atoms with Crippen LogP contribution in [0, 0.1) is 12.8 Å². The average Bonchev–Trinajstić information content (AvgIpc) is 3.30. The maximum absolute atomic E-state index is 13.4. The molecule has 0 saturated heterocycles. The van der Waals surface area contributed by atoms with E-state index in [0.29, 0.717) is 33.9 Å². The van der Waals surface area contributed by atoms with Crippen molar-refractivity contribution in [2.45, 2.75) is 58.8 Å². The SMILES string of the molecule is CCC(C)NC(=O)c1ccc2c(=O)n(CC(C)C)c3nnc(SCC(=O)Nc4ccccc4C)n3c2c1. The van der Waals surface area contributed by atoms with Crippen molar-refractivity contribution in [1.29, 1.82) is 0 Å². The molecule has 0 fully saturated rings. The van der Waals surface area contributed by atoms with Gasteiger partial charge in [0.1, 0.15) is 0 Å². The van der Waals surface area contributed by atoms with Gasteiger partial charge >= 0.3 is 0 Å². The van der Waals surface area contributed by atoms with Crippen molar-refractivity contribution in [1.82, 2.24) is 24.5 Å². The summed E-state index contributed by atoms with van der Waals surface area (Å²) in [4.78, 5) is 38.9. The van der Waals surface area contributed by atoms with Gasteiger partial charge in [0.05, 0.1) is 16.7 Å². The highest BCUT2D eigenvalue weighted by molar-refractivity contribution is 7.99. The largest absolute Gasteiger partial charge is 0.350 e. The van der Waals surface area contributed by atoms with E-state index < -0.39 is 0 Å². The van der Waals surface area contributed by atoms with Gasteiger partial charge in [-0.05, 0) is 56.0 Å². The van der Waals surface area contributed by atoms with Gasteiger partial charge in [-0.25, -0.2) is 0 Å². The summed E-state index contributed by atoms with van der Waals surface area (Å²) in [5.41, 5.74) is 2.51. The topological polar surface area (TPSA) is 110 Å². The highest BCUT2D eigenvalue weighted by atomic mass is 32.2. The summed E-state index contributed by atoms with van der Waals surface area (Å²) in [5, 5.41) is 15.5. The number of amides is 2. The number of carbonyl (C=O) groups excluding carboxylic acids is 2. The molecule has 10 heteroatoms. The Kier molecular flexibility index (Phi) is 7.97. The molecule has 1 unspecified atom stereocenters. The van der Waals surface area contributed by atoms with E-state index in [0.717, 1.165) is 17.7 Å². The van der Waals surface area contributed by atoms with Gasteiger partial charge in [0, 0.05) is 23.8 Å². The van der Waals surface area contributed by atoms with E-state index in [1.54, 1.807) is 27.2 Å². The van der Waals surface area contributed by atoms with Crippen molar-refractivity contribution < 1.29 is 9.59 Å². The zero-order valence-corrected chi connectivity index (χ0v) is 22.6. The molecule has 0 bridgehead atoms. The summed E-state index contributed by atoms with van der Waals surface area (Å²) in [6.45, 7) is 10.4. The number of hydrogen-bond acceptors (Lipinski definition) is 6. The Labute approximate surface area is 219 Å². The lowest BCUT2D eigenvalue weighted by molar-refractivity contribution is -0.113. The number of nitrogens with one attached hydrogen (secondary N) is 2. The van der Waals surface area contributed by atoms with Gasteiger partial charge in [-0.3, -0.25) is 23.4 Å². The van der Waals surface area contributed by atoms with Crippen molar-refractivity contribution in [2.75, 3.05) is 11.1 Å². The van der Waals surface area contributed by atoms with Gasteiger partial charge in [0.15, 0.2) is 5.16 Å². The molecule has 2 aromatic heterocycles. The number of aromatic nitrogens is 4. The molecule has 0 radical (unpaired) electrons. The van der Waals surface area contributed by atoms with Gasteiger partial charge in [0.25, 0.3) is 11.5 Å². The molecule has 0 aliphatic carbocycles. The van der Waals surface area contributed by atoms with Crippen molar-refractivity contribution in [2.24, 2.45) is 5.92 Å². The number of carbonyl (C=O) groups is 2. The van der Waals surface area contributed by atoms with Gasteiger partial charge in [0.2, 0.25) is 11.7 Å². The standard InChI is InChI=1S/C27H32N6O3S/c1-6-18(5)28-24(35)19-11-12-20-22(13-19)33-26(32(25(20)36)14-16(2)3)30-31-27(33)37-15-23(34)29-21-10-8-7-9-17(21)4/h7-13,16,18H,6,14-15H2,1-5H3,(H,28,35)(H,29,34). The smallest absolute Gasteiger partial charge is 0.262 e. The van der Waals surface area contributed by atoms with Crippen LogP contribution >= 0.6 is 11.8 Å². The number of hydrogen-bond donors (Lipinski definition) is 2. The van der Waals surface area contributed by atoms with Crippen LogP contribution < -0.4 is 16.2 Å². The van der Waals surface area contributed by atoms with Crippen LogP contribution in [0.25, 0.3) is 16.7 Å². The van der Waals surface area contributed by atoms with Crippen molar-refractivity contribution in [3.8, 4) is 0 Å². The average molecular weight is 521 g/mol. The van der Waals surface area contributed by atoms with Crippen molar-refractivity contribution >= 4 is 45.9 Å². The summed E-state index contributed by atoms with van der Waals surface area (Å²) < 4.78 is 3.38. The van der Waals surface area contributed by atoms with Crippen LogP contribution in [0.15, 0.2) is 52.4 Å². The number of benzene rings is 2. The van der Waals surface area contributed by atoms with E-state index in [4.69, 9.17) is 0 Å². The molecule has 4 rings (SSSR count). The second kappa shape index (κ2) is 11.2. The number of para-hydroxylation sites is 1. The lowest BCUT2D eigenvalue weighted by atomic mass is 10.1. The Morgan fingerprint density at radius 3 is 2.54 bits per heavy atom. The third-order valence-electron chi connectivity index (χ3n) is 6.12. The molecule has 9 nitrogen and oxygen atoms in total. The van der Waals surface area contributed by atoms with Crippen LogP contribution in [-0.2, 0) is 11.3 Å². The van der Waals surface area contributed by atoms with E-state index in [2.05, 4.69) is 20.8 Å². The molecule has 1 atom stereocenters. The van der Waals surface area contributed by atoms with Gasteiger partial charge in [-0.2, -0.15) is 0 Å². The fourth-order valence-corrected chi connectivity index (χ4v) is 4.72. The highest BCUT2D eigenvalue weighted by Crippen LogP contribution is 2.24. The minimum Gasteiger partial charge on any atom is -0.350 e. The van der Waals surface area contributed by atoms with E-state index in [9.17, 15) is 14.4 Å². The number of nitrogens with zero attached hydrogens (tertiary/aromatic N) is 4. The molecule has 37 heavy (non-hydrogen) atoms. The quantitative estimate of drug-likeness (QED) is 0.319. The molecule has 0 saturated carbocycles. The molecule has 0 spiro atoms. The second-order valence-electron chi connectivity index (χ2n) is 9.59. The lowest BCUT2D eigenvalue weighted by Crippen LogP contribution is -2.32. The Bertz CT molecular complexity index is 1520. The zero-order chi connectivity index (χ0) is 26.7. The maximum atomic E-state index is 13.4. The molecule has 0 aliphatic heterocycles. The van der Waals surface area contributed by atoms with Crippen molar-refractivity contribution in [3.63, 3.8) is 0 Å². The van der Waals surface area contributed by atoms with Crippen molar-refractivity contribution in [3.05, 3.63) is 63.9 Å². The summed E-state index contributed by atoms with van der Waals surface area (Å²) >= 11 is 1.23. The Morgan fingerprint density at radius 1 is 1.08 bits per heavy atom. The third kappa shape index (κ3) is 5.69. The van der Waals surface area contributed by atoms with Crippen LogP contribution in [0.2, 0.25) is 0 Å². The van der Waals surface area contributed by atoms with Gasteiger partial charge < -0.3 is 10.6 Å². The van der Waals surface area contributed by atoms with Crippen LogP contribution in [-0.4, -0.2) is 42.8 Å². The Morgan fingerprint density at radius 2 is 1.84 bits per heavy atom. The first-order valence-corrected chi connectivity index (χ1v) is 13.4. The number of fused-ring (bicyclic) bond motifs is 3. The molecule has 4 aromatic rings. The van der Waals surface area contributed by atoms with Crippen LogP contribution in [0.1, 0.15) is 50.0 Å². The summed E-state index contributed by atoms with van der Waals surface area (Å²) in [6.07, 6.45) is 0.806. The summed E-state index contributed by atoms with van der Waals surface area (Å²) in [5.74, 6) is 0.300. The molecular formula is C27H32N6O3S. The Balaban J connectivity index is 1.75. The molecular weight excluding hydrogens is 488 g/mol. The third-order valence-corrected chi connectivity index (χ3v) is 7.05. The molecule has 2 aromatic carbocycles. The fourth-order valence-electron chi connectivity index (χ4n) is 3.98. The summed E-state index contributed by atoms with van der Waals surface area (Å²) in [7, 11) is 0. The van der Waals surface area contributed by atoms with E-state index >= 15 is 0 Å². The first-order valence-electron chi connectivity index (χ1n) is 12.4. The van der Waals surface area contributed by atoms with Crippen LogP contribution in [0.3, 0.4) is 0 Å². The molecule has 194 valence electrons. The summed E-state index contributed by atoms with van der Waals surface area (Å²) in [6, 6.07) is 12.6. The van der Waals surface area contributed by atoms with Gasteiger partial charge in [-0.1, -0.05) is 50.7 Å². The van der Waals surface area contributed by atoms with Crippen LogP contribution in [0.5, 0.6) is 0 Å². The number of rotatable bonds is 9. The normalized spacial score (nSPS) is 12.3. The monoisotopic (exact) mass is 520 g/mol. The van der Waals surface area contributed by atoms with E-state index in [-0.39, 0.29) is 35.1 Å². The zero-order valence-electron chi connectivity index (χ0n) is 21.7. The number of anilines is 1. The molecule has 2 N–H and O–H groups in total. The van der Waals surface area contributed by atoms with E-state index in [1.807, 2.05) is 58.9 Å². The molecule has 2 heterocycles. The lowest BCUT2D eigenvalue weighted by Gasteiger charge is -2.15. The minimum atomic E-state index is -0.212. The second-order valence-corrected chi connectivity index (χ2v) is 10.5. The minimum absolute atomic E-state index is 0.0232. The Hall–Kier alpha value is -3.66. The maximum Gasteiger partial charge on any atom is 0.262 e. The van der Waals surface area contributed by atoms with Gasteiger partial charge in [-0.15, -0.1) is 10.2 Å². The predicted octanol–water partition coefficient (Wildman–Crippen LogP) is 4.27. The highest BCUT2D eigenvalue weighted by Gasteiger charge is 2.20. The fraction of sp³-hybridized carbons (Fsp3) is 0.370. The number of thioether (sulfide) groups is 1. The number of aryl methyl sites for hydroxylation is 1. The first kappa shape index (κ1) is 26.4. The molecule has 0 aliphatic rings. The first-order chi connectivity index (χ1) is 17.7. The van der Waals surface area contributed by atoms with E-state index in [1.165, 1.54) is 11.8 Å². The predicted molar refractivity (Wildman–Crippen MR) is 147 cm³/mol.